The summed E-state index contributed by atoms with van der Waals surface area (Å²) in [5.74, 6) is -0.187. The Morgan fingerprint density at radius 1 is 1.42 bits per heavy atom. The second kappa shape index (κ2) is 4.67. The molecule has 1 saturated heterocycles. The maximum absolute atomic E-state index is 12.3. The Labute approximate surface area is 114 Å². The van der Waals surface area contributed by atoms with Gasteiger partial charge in [0.15, 0.2) is 0 Å². The second-order valence-electron chi connectivity index (χ2n) is 4.80. The molecule has 19 heavy (non-hydrogen) atoms. The van der Waals surface area contributed by atoms with Gasteiger partial charge in [-0.25, -0.2) is 0 Å². The van der Waals surface area contributed by atoms with E-state index in [1.165, 1.54) is 11.3 Å². The SMILES string of the molecule is N#Cc1scc2c1CN([C@H]1CCCCNC1=O)C2=O. The van der Waals surface area contributed by atoms with Crippen molar-refractivity contribution in [1.29, 1.82) is 5.26 Å². The number of nitriles is 1. The van der Waals surface area contributed by atoms with Crippen LogP contribution in [0.2, 0.25) is 0 Å². The topological polar surface area (TPSA) is 73.2 Å². The number of hydrogen-bond donors (Lipinski definition) is 1. The molecule has 0 saturated carbocycles. The van der Waals surface area contributed by atoms with Gasteiger partial charge in [-0.2, -0.15) is 5.26 Å². The van der Waals surface area contributed by atoms with Gasteiger partial charge in [0.05, 0.1) is 5.56 Å². The molecule has 3 rings (SSSR count). The van der Waals surface area contributed by atoms with Crippen LogP contribution in [0.1, 0.15) is 40.1 Å². The number of thiophene rings is 1. The molecule has 5 nitrogen and oxygen atoms in total. The number of amides is 2. The second-order valence-corrected chi connectivity index (χ2v) is 5.68. The van der Waals surface area contributed by atoms with Gasteiger partial charge >= 0.3 is 0 Å². The molecule has 0 radical (unpaired) electrons. The average molecular weight is 275 g/mol. The van der Waals surface area contributed by atoms with Crippen molar-refractivity contribution in [2.45, 2.75) is 31.8 Å². The summed E-state index contributed by atoms with van der Waals surface area (Å²) in [6.07, 6.45) is 2.59. The van der Waals surface area contributed by atoms with E-state index >= 15 is 0 Å². The predicted molar refractivity (Wildman–Crippen MR) is 69.6 cm³/mol. The third kappa shape index (κ3) is 1.90. The van der Waals surface area contributed by atoms with Crippen LogP contribution in [0.15, 0.2) is 5.38 Å². The highest BCUT2D eigenvalue weighted by Crippen LogP contribution is 2.33. The number of carbonyl (C=O) groups excluding carboxylic acids is 2. The molecule has 0 spiro atoms. The molecule has 2 aliphatic heterocycles. The van der Waals surface area contributed by atoms with Crippen molar-refractivity contribution in [2.75, 3.05) is 6.54 Å². The number of fused-ring (bicyclic) bond motifs is 1. The number of carbonyl (C=O) groups is 2. The predicted octanol–water partition coefficient (Wildman–Crippen LogP) is 1.24. The first-order chi connectivity index (χ1) is 9.22. The van der Waals surface area contributed by atoms with Crippen molar-refractivity contribution in [3.8, 4) is 6.07 Å². The van der Waals surface area contributed by atoms with Gasteiger partial charge < -0.3 is 10.2 Å². The molecule has 1 fully saturated rings. The Bertz CT molecular complexity index is 587. The quantitative estimate of drug-likeness (QED) is 0.838. The summed E-state index contributed by atoms with van der Waals surface area (Å²) in [4.78, 5) is 26.5. The number of nitrogens with zero attached hydrogens (tertiary/aromatic N) is 2. The highest BCUT2D eigenvalue weighted by atomic mass is 32.1. The van der Waals surface area contributed by atoms with Crippen molar-refractivity contribution in [2.24, 2.45) is 0 Å². The van der Waals surface area contributed by atoms with Gasteiger partial charge in [-0.05, 0) is 19.3 Å². The van der Waals surface area contributed by atoms with Crippen LogP contribution in [0.25, 0.3) is 0 Å². The largest absolute Gasteiger partial charge is 0.354 e. The summed E-state index contributed by atoms with van der Waals surface area (Å²) < 4.78 is 0. The molecular weight excluding hydrogens is 262 g/mol. The number of rotatable bonds is 1. The van der Waals surface area contributed by atoms with Gasteiger partial charge in [-0.15, -0.1) is 11.3 Å². The lowest BCUT2D eigenvalue weighted by Gasteiger charge is -2.25. The third-order valence-electron chi connectivity index (χ3n) is 3.70. The Balaban J connectivity index is 1.88. The minimum atomic E-state index is -0.390. The van der Waals surface area contributed by atoms with Crippen molar-refractivity contribution < 1.29 is 9.59 Å². The molecule has 0 bridgehead atoms. The summed E-state index contributed by atoms with van der Waals surface area (Å²) in [5.41, 5.74) is 1.38. The zero-order chi connectivity index (χ0) is 13.4. The molecule has 1 aromatic rings. The molecule has 2 aliphatic rings. The summed E-state index contributed by atoms with van der Waals surface area (Å²) in [5, 5.41) is 13.6. The highest BCUT2D eigenvalue weighted by Gasteiger charge is 2.38. The Morgan fingerprint density at radius 3 is 3.05 bits per heavy atom. The first-order valence-corrected chi connectivity index (χ1v) is 7.19. The molecule has 6 heteroatoms. The molecule has 3 heterocycles. The Hall–Kier alpha value is -1.87. The Morgan fingerprint density at radius 2 is 2.26 bits per heavy atom. The lowest BCUT2D eigenvalue weighted by Crippen LogP contribution is -2.45. The maximum Gasteiger partial charge on any atom is 0.256 e. The van der Waals surface area contributed by atoms with Crippen LogP contribution in [0.5, 0.6) is 0 Å². The van der Waals surface area contributed by atoms with E-state index in [0.717, 1.165) is 18.4 Å². The molecule has 0 unspecified atom stereocenters. The van der Waals surface area contributed by atoms with E-state index in [4.69, 9.17) is 5.26 Å². The van der Waals surface area contributed by atoms with Crippen molar-refractivity contribution in [3.05, 3.63) is 21.4 Å². The van der Waals surface area contributed by atoms with E-state index in [1.807, 2.05) is 0 Å². The van der Waals surface area contributed by atoms with E-state index in [-0.39, 0.29) is 17.9 Å². The molecule has 2 amide bonds. The van der Waals surface area contributed by atoms with Gasteiger partial charge in [-0.1, -0.05) is 0 Å². The van der Waals surface area contributed by atoms with Gasteiger partial charge in [-0.3, -0.25) is 9.59 Å². The smallest absolute Gasteiger partial charge is 0.256 e. The molecule has 1 aromatic heterocycles. The van der Waals surface area contributed by atoms with Gasteiger partial charge in [0.2, 0.25) is 5.91 Å². The van der Waals surface area contributed by atoms with Crippen LogP contribution < -0.4 is 5.32 Å². The van der Waals surface area contributed by atoms with Crippen LogP contribution in [0, 0.1) is 11.3 Å². The molecule has 0 aromatic carbocycles. The fourth-order valence-electron chi connectivity index (χ4n) is 2.68. The fourth-order valence-corrected chi connectivity index (χ4v) is 3.53. The van der Waals surface area contributed by atoms with Crippen LogP contribution in [0.4, 0.5) is 0 Å². The minimum Gasteiger partial charge on any atom is -0.354 e. The lowest BCUT2D eigenvalue weighted by molar-refractivity contribution is -0.125. The summed E-state index contributed by atoms with van der Waals surface area (Å²) in [7, 11) is 0. The van der Waals surface area contributed by atoms with E-state index in [0.29, 0.717) is 30.0 Å². The molecule has 0 aliphatic carbocycles. The average Bonchev–Trinajstić information content (AvgIpc) is 2.87. The Kier molecular flexibility index (Phi) is 2.99. The van der Waals surface area contributed by atoms with Gasteiger partial charge in [0.25, 0.3) is 5.91 Å². The molecular formula is C13H13N3O2S. The summed E-state index contributed by atoms with van der Waals surface area (Å²) in [6, 6.07) is 1.72. The monoisotopic (exact) mass is 275 g/mol. The van der Waals surface area contributed by atoms with Crippen LogP contribution in [-0.2, 0) is 11.3 Å². The van der Waals surface area contributed by atoms with E-state index in [9.17, 15) is 9.59 Å². The van der Waals surface area contributed by atoms with Crippen molar-refractivity contribution in [1.82, 2.24) is 10.2 Å². The maximum atomic E-state index is 12.3. The minimum absolute atomic E-state index is 0.0711. The van der Waals surface area contributed by atoms with E-state index < -0.39 is 0 Å². The van der Waals surface area contributed by atoms with Crippen LogP contribution >= 0.6 is 11.3 Å². The molecule has 1 N–H and O–H groups in total. The zero-order valence-electron chi connectivity index (χ0n) is 10.3. The highest BCUT2D eigenvalue weighted by molar-refractivity contribution is 7.11. The van der Waals surface area contributed by atoms with Crippen molar-refractivity contribution >= 4 is 23.2 Å². The van der Waals surface area contributed by atoms with Gasteiger partial charge in [0, 0.05) is 24.0 Å². The van der Waals surface area contributed by atoms with E-state index in [2.05, 4.69) is 11.4 Å². The molecule has 1 atom stereocenters. The summed E-state index contributed by atoms with van der Waals surface area (Å²) in [6.45, 7) is 1.07. The van der Waals surface area contributed by atoms with Crippen LogP contribution in [-0.4, -0.2) is 29.3 Å². The normalized spacial score (nSPS) is 22.7. The standard InChI is InChI=1S/C13H13N3O2S/c14-5-11-8-6-16(13(18)9(8)7-19-11)10-3-1-2-4-15-12(10)17/h7,10H,1-4,6H2,(H,15,17)/t10-/m0/s1. The zero-order valence-corrected chi connectivity index (χ0v) is 11.1. The number of hydrogen-bond acceptors (Lipinski definition) is 4. The van der Waals surface area contributed by atoms with Crippen molar-refractivity contribution in [3.63, 3.8) is 0 Å². The first-order valence-electron chi connectivity index (χ1n) is 6.31. The van der Waals surface area contributed by atoms with Gasteiger partial charge in [0.1, 0.15) is 17.0 Å². The van der Waals surface area contributed by atoms with Crippen LogP contribution in [0.3, 0.4) is 0 Å². The van der Waals surface area contributed by atoms with E-state index in [1.54, 1.807) is 10.3 Å². The number of nitrogens with one attached hydrogen (secondary N) is 1. The lowest BCUT2D eigenvalue weighted by atomic mass is 10.1. The molecule has 98 valence electrons. The fraction of sp³-hybridized carbons (Fsp3) is 0.462. The first kappa shape index (κ1) is 12.2. The third-order valence-corrected chi connectivity index (χ3v) is 4.62. The summed E-state index contributed by atoms with van der Waals surface area (Å²) >= 11 is 1.30.